The molecule has 1 aliphatic rings. The number of hydrogen-bond acceptors (Lipinski definition) is 7. The molecule has 10 heteroatoms. The summed E-state index contributed by atoms with van der Waals surface area (Å²) in [6.45, 7) is 9.61. The lowest BCUT2D eigenvalue weighted by Crippen LogP contribution is -2.49. The molecule has 1 saturated heterocycles. The summed E-state index contributed by atoms with van der Waals surface area (Å²) in [5.74, 6) is 1.82. The van der Waals surface area contributed by atoms with E-state index < -0.39 is 17.8 Å². The molecule has 0 saturated carbocycles. The van der Waals surface area contributed by atoms with Gasteiger partial charge in [0.15, 0.2) is 11.5 Å². The van der Waals surface area contributed by atoms with Crippen LogP contribution in [0.15, 0.2) is 36.4 Å². The topological polar surface area (TPSA) is 110 Å². The lowest BCUT2D eigenvalue weighted by atomic mass is 10.0. The molecule has 41 heavy (non-hydrogen) atoms. The Kier molecular flexibility index (Phi) is 11.5. The first-order valence-electron chi connectivity index (χ1n) is 14.2. The van der Waals surface area contributed by atoms with Crippen LogP contribution in [-0.4, -0.2) is 68.2 Å². The van der Waals surface area contributed by atoms with Crippen molar-refractivity contribution in [2.75, 3.05) is 45.4 Å². The van der Waals surface area contributed by atoms with Crippen LogP contribution in [0.5, 0.6) is 17.2 Å². The standard InChI is InChI=1S/C31H45N3O7/c1-7-8-9-17-40-28-19-24(13-14-26(28)38-5)34-16-10-15-33(30(34)37)21-23-12-11-22(18-27(23)39-6)25(35)20-32-29(36)41-31(2,3)4/h11-14,18-19,25,35H,7-10,15-17,20-21H2,1-6H3,(H,32,36). The predicted octanol–water partition coefficient (Wildman–Crippen LogP) is 5.66. The van der Waals surface area contributed by atoms with E-state index in [2.05, 4.69) is 12.2 Å². The first kappa shape index (κ1) is 31.9. The zero-order valence-electron chi connectivity index (χ0n) is 25.2. The van der Waals surface area contributed by atoms with Crippen molar-refractivity contribution < 1.29 is 33.6 Å². The fourth-order valence-electron chi connectivity index (χ4n) is 4.56. The Hall–Kier alpha value is -3.66. The number of amides is 3. The number of aliphatic hydroxyl groups excluding tert-OH is 1. The number of alkyl carbamates (subject to hydrolysis) is 1. The monoisotopic (exact) mass is 571 g/mol. The molecule has 2 aromatic carbocycles. The first-order valence-corrected chi connectivity index (χ1v) is 14.2. The average Bonchev–Trinajstić information content (AvgIpc) is 2.94. The molecule has 1 unspecified atom stereocenters. The number of carbonyl (C=O) groups excluding carboxylic acids is 2. The number of nitrogens with one attached hydrogen (secondary N) is 1. The number of carbonyl (C=O) groups is 2. The lowest BCUT2D eigenvalue weighted by Gasteiger charge is -2.36. The Morgan fingerprint density at radius 3 is 2.46 bits per heavy atom. The van der Waals surface area contributed by atoms with Crippen LogP contribution in [0.2, 0.25) is 0 Å². The van der Waals surface area contributed by atoms with E-state index >= 15 is 0 Å². The summed E-state index contributed by atoms with van der Waals surface area (Å²) in [4.78, 5) is 29.1. The quantitative estimate of drug-likeness (QED) is 0.299. The molecule has 1 atom stereocenters. The first-order chi connectivity index (χ1) is 19.6. The van der Waals surface area contributed by atoms with E-state index in [1.807, 2.05) is 24.3 Å². The van der Waals surface area contributed by atoms with E-state index in [0.29, 0.717) is 49.1 Å². The minimum Gasteiger partial charge on any atom is -0.496 e. The summed E-state index contributed by atoms with van der Waals surface area (Å²) >= 11 is 0. The van der Waals surface area contributed by atoms with Crippen LogP contribution in [0.3, 0.4) is 0 Å². The molecule has 1 fully saturated rings. The second kappa shape index (κ2) is 14.8. The average molecular weight is 572 g/mol. The van der Waals surface area contributed by atoms with Gasteiger partial charge in [-0.25, -0.2) is 9.59 Å². The van der Waals surface area contributed by atoms with Crippen LogP contribution in [0.4, 0.5) is 15.3 Å². The maximum absolute atomic E-state index is 13.6. The Bertz CT molecular complexity index is 1160. The summed E-state index contributed by atoms with van der Waals surface area (Å²) in [6, 6.07) is 10.8. The van der Waals surface area contributed by atoms with Gasteiger partial charge in [-0.1, -0.05) is 31.9 Å². The highest BCUT2D eigenvalue weighted by molar-refractivity contribution is 5.93. The van der Waals surface area contributed by atoms with Crippen LogP contribution in [-0.2, 0) is 11.3 Å². The zero-order valence-corrected chi connectivity index (χ0v) is 25.2. The molecule has 2 aromatic rings. The van der Waals surface area contributed by atoms with Crippen LogP contribution in [0.1, 0.15) is 70.6 Å². The Balaban J connectivity index is 1.68. The SMILES string of the molecule is CCCCCOc1cc(N2CCCN(Cc3ccc(C(O)CNC(=O)OC(C)(C)C)cc3OC)C2=O)ccc1OC. The fourth-order valence-corrected chi connectivity index (χ4v) is 4.56. The highest BCUT2D eigenvalue weighted by Gasteiger charge is 2.28. The predicted molar refractivity (Wildman–Crippen MR) is 158 cm³/mol. The van der Waals surface area contributed by atoms with Crippen molar-refractivity contribution in [2.45, 2.75) is 71.6 Å². The summed E-state index contributed by atoms with van der Waals surface area (Å²) in [5.41, 5.74) is 1.53. The smallest absolute Gasteiger partial charge is 0.407 e. The second-order valence-corrected chi connectivity index (χ2v) is 11.1. The molecule has 0 bridgehead atoms. The molecule has 226 valence electrons. The van der Waals surface area contributed by atoms with E-state index in [1.165, 1.54) is 0 Å². The summed E-state index contributed by atoms with van der Waals surface area (Å²) < 4.78 is 22.3. The van der Waals surface area contributed by atoms with Crippen molar-refractivity contribution in [2.24, 2.45) is 0 Å². The molecule has 0 aromatic heterocycles. The van der Waals surface area contributed by atoms with E-state index in [0.717, 1.165) is 36.9 Å². The van der Waals surface area contributed by atoms with Crippen molar-refractivity contribution in [3.8, 4) is 17.2 Å². The maximum atomic E-state index is 13.6. The number of unbranched alkanes of at least 4 members (excludes halogenated alkanes) is 2. The van der Waals surface area contributed by atoms with Gasteiger partial charge < -0.3 is 34.3 Å². The Morgan fingerprint density at radius 2 is 1.78 bits per heavy atom. The lowest BCUT2D eigenvalue weighted by molar-refractivity contribution is 0.0491. The van der Waals surface area contributed by atoms with E-state index in [4.69, 9.17) is 18.9 Å². The molecule has 1 heterocycles. The van der Waals surface area contributed by atoms with Crippen LogP contribution < -0.4 is 24.4 Å². The number of methoxy groups -OCH3 is 2. The zero-order chi connectivity index (χ0) is 30.0. The molecule has 10 nitrogen and oxygen atoms in total. The number of aliphatic hydroxyl groups is 1. The number of benzene rings is 2. The molecule has 3 rings (SSSR count). The van der Waals surface area contributed by atoms with Crippen molar-refractivity contribution in [3.63, 3.8) is 0 Å². The van der Waals surface area contributed by atoms with E-state index in [-0.39, 0.29) is 12.6 Å². The second-order valence-electron chi connectivity index (χ2n) is 11.1. The van der Waals surface area contributed by atoms with Gasteiger partial charge in [-0.05, 0) is 57.4 Å². The van der Waals surface area contributed by atoms with Crippen molar-refractivity contribution >= 4 is 17.8 Å². The van der Waals surface area contributed by atoms with Gasteiger partial charge in [0.05, 0.1) is 40.0 Å². The highest BCUT2D eigenvalue weighted by Crippen LogP contribution is 2.34. The number of rotatable bonds is 13. The van der Waals surface area contributed by atoms with Gasteiger partial charge in [0.2, 0.25) is 0 Å². The number of ether oxygens (including phenoxy) is 4. The molecule has 2 N–H and O–H groups in total. The van der Waals surface area contributed by atoms with Gasteiger partial charge in [0.1, 0.15) is 11.4 Å². The van der Waals surface area contributed by atoms with E-state index in [1.54, 1.807) is 56.9 Å². The number of urea groups is 1. The summed E-state index contributed by atoms with van der Waals surface area (Å²) in [5, 5.41) is 13.2. The third-order valence-electron chi connectivity index (χ3n) is 6.67. The Labute approximate surface area is 243 Å². The number of anilines is 1. The minimum absolute atomic E-state index is 0.0108. The third kappa shape index (κ3) is 9.18. The van der Waals surface area contributed by atoms with Crippen LogP contribution in [0.25, 0.3) is 0 Å². The van der Waals surface area contributed by atoms with Gasteiger partial charge in [-0.15, -0.1) is 0 Å². The van der Waals surface area contributed by atoms with Crippen LogP contribution in [0, 0.1) is 0 Å². The summed E-state index contributed by atoms with van der Waals surface area (Å²) in [7, 11) is 3.16. The summed E-state index contributed by atoms with van der Waals surface area (Å²) in [6.07, 6.45) is 2.41. The third-order valence-corrected chi connectivity index (χ3v) is 6.67. The highest BCUT2D eigenvalue weighted by atomic mass is 16.6. The maximum Gasteiger partial charge on any atom is 0.407 e. The van der Waals surface area contributed by atoms with Crippen molar-refractivity contribution in [1.29, 1.82) is 0 Å². The van der Waals surface area contributed by atoms with Crippen molar-refractivity contribution in [3.05, 3.63) is 47.5 Å². The van der Waals surface area contributed by atoms with Crippen LogP contribution >= 0.6 is 0 Å². The Morgan fingerprint density at radius 1 is 1.02 bits per heavy atom. The van der Waals surface area contributed by atoms with E-state index in [9.17, 15) is 14.7 Å². The molecule has 0 aliphatic carbocycles. The molecule has 1 aliphatic heterocycles. The molecular formula is C31H45N3O7. The van der Waals surface area contributed by atoms with Gasteiger partial charge >= 0.3 is 12.1 Å². The normalized spacial score (nSPS) is 14.5. The molecule has 3 amide bonds. The largest absolute Gasteiger partial charge is 0.496 e. The molecule has 0 radical (unpaired) electrons. The molecular weight excluding hydrogens is 526 g/mol. The molecule has 0 spiro atoms. The minimum atomic E-state index is -0.953. The van der Waals surface area contributed by atoms with Gasteiger partial charge in [0.25, 0.3) is 0 Å². The van der Waals surface area contributed by atoms with Gasteiger partial charge in [-0.2, -0.15) is 0 Å². The van der Waals surface area contributed by atoms with Gasteiger partial charge in [0, 0.05) is 30.4 Å². The van der Waals surface area contributed by atoms with Crippen molar-refractivity contribution in [1.82, 2.24) is 10.2 Å². The fraction of sp³-hybridized carbons (Fsp3) is 0.548. The number of hydrogen-bond donors (Lipinski definition) is 2. The number of nitrogens with zero attached hydrogens (tertiary/aromatic N) is 2. The van der Waals surface area contributed by atoms with Gasteiger partial charge in [-0.3, -0.25) is 4.90 Å².